The Morgan fingerprint density at radius 3 is 2.73 bits per heavy atom. The van der Waals surface area contributed by atoms with Crippen molar-refractivity contribution in [2.24, 2.45) is 5.16 Å². The number of nitrogens with zero attached hydrogens (tertiary/aromatic N) is 1. The average Bonchev–Trinajstić information content (AvgIpc) is 2.63. The molecule has 5 heteroatoms. The predicted molar refractivity (Wildman–Crippen MR) is 57.8 cm³/mol. The number of thiophene rings is 1. The van der Waals surface area contributed by atoms with Gasteiger partial charge in [0.1, 0.15) is 0 Å². The summed E-state index contributed by atoms with van der Waals surface area (Å²) in [5, 5.41) is 22.7. The largest absolute Gasteiger partial charge is 0.476 e. The molecule has 0 unspecified atom stereocenters. The third kappa shape index (κ3) is 1.57. The first kappa shape index (κ1) is 9.67. The van der Waals surface area contributed by atoms with Gasteiger partial charge in [-0.1, -0.05) is 23.4 Å². The van der Waals surface area contributed by atoms with Crippen molar-refractivity contribution in [2.75, 3.05) is 0 Å². The summed E-state index contributed by atoms with van der Waals surface area (Å²) in [6.07, 6.45) is 0. The fourth-order valence-electron chi connectivity index (χ4n) is 1.37. The molecule has 1 aromatic carbocycles. The van der Waals surface area contributed by atoms with Crippen LogP contribution in [0.5, 0.6) is 0 Å². The van der Waals surface area contributed by atoms with Gasteiger partial charge in [-0.2, -0.15) is 0 Å². The molecule has 0 amide bonds. The molecular formula is C10H7NO3S. The first-order valence-electron chi connectivity index (χ1n) is 4.16. The molecule has 0 atom stereocenters. The molecule has 1 heterocycles. The number of benzene rings is 1. The van der Waals surface area contributed by atoms with Crippen LogP contribution in [0.3, 0.4) is 0 Å². The van der Waals surface area contributed by atoms with Gasteiger partial charge < -0.3 is 10.3 Å². The van der Waals surface area contributed by atoms with Crippen LogP contribution in [-0.2, 0) is 4.79 Å². The van der Waals surface area contributed by atoms with E-state index in [-0.39, 0.29) is 5.71 Å². The molecule has 0 spiro atoms. The van der Waals surface area contributed by atoms with Crippen molar-refractivity contribution in [3.05, 3.63) is 35.2 Å². The van der Waals surface area contributed by atoms with Gasteiger partial charge in [0.25, 0.3) is 0 Å². The molecule has 0 aliphatic carbocycles. The van der Waals surface area contributed by atoms with Crippen LogP contribution in [0.15, 0.2) is 34.8 Å². The highest BCUT2D eigenvalue weighted by molar-refractivity contribution is 7.17. The van der Waals surface area contributed by atoms with Crippen LogP contribution in [-0.4, -0.2) is 22.0 Å². The Hall–Kier alpha value is -1.88. The molecule has 2 rings (SSSR count). The number of aliphatic carboxylic acids is 1. The smallest absolute Gasteiger partial charge is 0.358 e. The van der Waals surface area contributed by atoms with E-state index in [9.17, 15) is 4.79 Å². The third-order valence-corrected chi connectivity index (χ3v) is 3.00. The van der Waals surface area contributed by atoms with E-state index in [2.05, 4.69) is 5.16 Å². The average molecular weight is 221 g/mol. The van der Waals surface area contributed by atoms with Crippen LogP contribution in [0.25, 0.3) is 10.1 Å². The summed E-state index contributed by atoms with van der Waals surface area (Å²) in [4.78, 5) is 10.8. The number of oxime groups is 1. The van der Waals surface area contributed by atoms with Gasteiger partial charge in [0.05, 0.1) is 0 Å². The van der Waals surface area contributed by atoms with Gasteiger partial charge in [-0.05, 0) is 6.07 Å². The normalized spacial score (nSPS) is 11.9. The summed E-state index contributed by atoms with van der Waals surface area (Å²) < 4.78 is 0.968. The molecule has 4 nitrogen and oxygen atoms in total. The molecule has 0 fully saturated rings. The topological polar surface area (TPSA) is 69.9 Å². The van der Waals surface area contributed by atoms with Crippen molar-refractivity contribution in [3.8, 4) is 0 Å². The Balaban J connectivity index is 2.67. The number of hydrogen-bond donors (Lipinski definition) is 2. The molecule has 15 heavy (non-hydrogen) atoms. The van der Waals surface area contributed by atoms with Gasteiger partial charge in [0, 0.05) is 21.0 Å². The zero-order valence-corrected chi connectivity index (χ0v) is 8.36. The minimum atomic E-state index is -1.24. The van der Waals surface area contributed by atoms with E-state index in [1.807, 2.05) is 18.2 Å². The Morgan fingerprint density at radius 1 is 1.33 bits per heavy atom. The first-order valence-corrected chi connectivity index (χ1v) is 5.04. The van der Waals surface area contributed by atoms with Gasteiger partial charge in [0.2, 0.25) is 0 Å². The minimum absolute atomic E-state index is 0.326. The van der Waals surface area contributed by atoms with Crippen molar-refractivity contribution in [2.45, 2.75) is 0 Å². The van der Waals surface area contributed by atoms with E-state index in [1.54, 1.807) is 11.4 Å². The summed E-state index contributed by atoms with van der Waals surface area (Å²) in [7, 11) is 0. The molecule has 2 N–H and O–H groups in total. The summed E-state index contributed by atoms with van der Waals surface area (Å²) in [5.74, 6) is -1.24. The number of carboxylic acid groups (broad SMARTS) is 1. The lowest BCUT2D eigenvalue weighted by molar-refractivity contribution is -0.129. The molecular weight excluding hydrogens is 214 g/mol. The number of carbonyl (C=O) groups is 1. The van der Waals surface area contributed by atoms with Crippen molar-refractivity contribution in [3.63, 3.8) is 0 Å². The van der Waals surface area contributed by atoms with E-state index in [0.717, 1.165) is 10.1 Å². The van der Waals surface area contributed by atoms with Crippen LogP contribution in [0.2, 0.25) is 0 Å². The molecule has 0 aliphatic rings. The SMILES string of the molecule is O=C(O)C(=NO)c1csc2ccccc12. The molecule has 1 aromatic heterocycles. The second kappa shape index (κ2) is 3.70. The van der Waals surface area contributed by atoms with E-state index >= 15 is 0 Å². The second-order valence-corrected chi connectivity index (χ2v) is 3.81. The Kier molecular flexibility index (Phi) is 2.39. The van der Waals surface area contributed by atoms with E-state index in [0.29, 0.717) is 5.56 Å². The van der Waals surface area contributed by atoms with E-state index in [4.69, 9.17) is 10.3 Å². The van der Waals surface area contributed by atoms with Crippen LogP contribution in [0.1, 0.15) is 5.56 Å². The lowest BCUT2D eigenvalue weighted by atomic mass is 10.1. The lowest BCUT2D eigenvalue weighted by Crippen LogP contribution is -2.13. The maximum Gasteiger partial charge on any atom is 0.358 e. The number of rotatable bonds is 2. The summed E-state index contributed by atoms with van der Waals surface area (Å²) in [5.41, 5.74) is 0.123. The molecule has 0 aliphatic heterocycles. The molecule has 0 radical (unpaired) electrons. The van der Waals surface area contributed by atoms with Crippen LogP contribution < -0.4 is 0 Å². The summed E-state index contributed by atoms with van der Waals surface area (Å²) >= 11 is 1.42. The fourth-order valence-corrected chi connectivity index (χ4v) is 2.32. The lowest BCUT2D eigenvalue weighted by Gasteiger charge is -1.96. The molecule has 76 valence electrons. The van der Waals surface area contributed by atoms with Crippen molar-refractivity contribution >= 4 is 33.1 Å². The van der Waals surface area contributed by atoms with Gasteiger partial charge in [-0.3, -0.25) is 0 Å². The quantitative estimate of drug-likeness (QED) is 0.464. The van der Waals surface area contributed by atoms with Gasteiger partial charge in [-0.15, -0.1) is 11.3 Å². The van der Waals surface area contributed by atoms with E-state index < -0.39 is 5.97 Å². The maximum atomic E-state index is 10.8. The maximum absolute atomic E-state index is 10.8. The van der Waals surface area contributed by atoms with Crippen LogP contribution in [0, 0.1) is 0 Å². The van der Waals surface area contributed by atoms with E-state index in [1.165, 1.54) is 11.3 Å². The Bertz CT molecular complexity index is 544. The van der Waals surface area contributed by atoms with Crippen LogP contribution >= 0.6 is 11.3 Å². The highest BCUT2D eigenvalue weighted by atomic mass is 32.1. The number of fused-ring (bicyclic) bond motifs is 1. The number of hydrogen-bond acceptors (Lipinski definition) is 4. The summed E-state index contributed by atoms with van der Waals surface area (Å²) in [6, 6.07) is 7.38. The van der Waals surface area contributed by atoms with Crippen molar-refractivity contribution in [1.29, 1.82) is 0 Å². The predicted octanol–water partition coefficient (Wildman–Crippen LogP) is 2.16. The monoisotopic (exact) mass is 221 g/mol. The first-order chi connectivity index (χ1) is 7.24. The number of carboxylic acids is 1. The Labute approximate surface area is 89.1 Å². The molecule has 0 saturated carbocycles. The highest BCUT2D eigenvalue weighted by Gasteiger charge is 2.17. The third-order valence-electron chi connectivity index (χ3n) is 2.04. The Morgan fingerprint density at radius 2 is 2.07 bits per heavy atom. The zero-order chi connectivity index (χ0) is 10.8. The second-order valence-electron chi connectivity index (χ2n) is 2.90. The molecule has 0 saturated heterocycles. The molecule has 0 bridgehead atoms. The zero-order valence-electron chi connectivity index (χ0n) is 7.54. The van der Waals surface area contributed by atoms with Gasteiger partial charge in [0.15, 0.2) is 5.71 Å². The summed E-state index contributed by atoms with van der Waals surface area (Å²) in [6.45, 7) is 0. The standard InChI is InChI=1S/C10H7NO3S/c12-10(13)9(11-14)7-5-15-8-4-2-1-3-6(7)8/h1-5,14H,(H,12,13). The minimum Gasteiger partial charge on any atom is -0.476 e. The van der Waals surface area contributed by atoms with Crippen molar-refractivity contribution < 1.29 is 15.1 Å². The molecule has 2 aromatic rings. The highest BCUT2D eigenvalue weighted by Crippen LogP contribution is 2.26. The van der Waals surface area contributed by atoms with Crippen LogP contribution in [0.4, 0.5) is 0 Å². The van der Waals surface area contributed by atoms with Gasteiger partial charge in [-0.25, -0.2) is 4.79 Å². The fraction of sp³-hybridized carbons (Fsp3) is 0. The van der Waals surface area contributed by atoms with Gasteiger partial charge >= 0.3 is 5.97 Å². The van der Waals surface area contributed by atoms with Crippen molar-refractivity contribution in [1.82, 2.24) is 0 Å².